The van der Waals surface area contributed by atoms with Gasteiger partial charge in [0.05, 0.1) is 11.4 Å². The van der Waals surface area contributed by atoms with Crippen molar-refractivity contribution in [2.24, 2.45) is 4.99 Å². The Morgan fingerprint density at radius 1 is 1.00 bits per heavy atom. The second-order valence-corrected chi connectivity index (χ2v) is 4.39. The molecule has 3 rings (SSSR count). The summed E-state index contributed by atoms with van der Waals surface area (Å²) in [7, 11) is 0. The van der Waals surface area contributed by atoms with Gasteiger partial charge in [0.2, 0.25) is 0 Å². The van der Waals surface area contributed by atoms with Gasteiger partial charge >= 0.3 is 0 Å². The van der Waals surface area contributed by atoms with Crippen molar-refractivity contribution in [2.45, 2.75) is 6.42 Å². The summed E-state index contributed by atoms with van der Waals surface area (Å²) in [4.78, 5) is 4.64. The van der Waals surface area contributed by atoms with Crippen LogP contribution in [0.15, 0.2) is 83.1 Å². The molecule has 0 N–H and O–H groups in total. The van der Waals surface area contributed by atoms with Gasteiger partial charge in [0.25, 0.3) is 0 Å². The summed E-state index contributed by atoms with van der Waals surface area (Å²) in [6, 6.07) is 10.2. The summed E-state index contributed by atoms with van der Waals surface area (Å²) in [5.41, 5.74) is 6.53. The standard InChI is InChI=1S/C16H13N/c1-11-8-12(2)14-10-15(17-16(14)9-11)13-6-4-3-5-7-13/h3-7,9-10H,1-2,8H2. The van der Waals surface area contributed by atoms with Gasteiger partial charge in [-0.15, -0.1) is 0 Å². The Labute approximate surface area is 101 Å². The number of rotatable bonds is 1. The van der Waals surface area contributed by atoms with E-state index in [1.807, 2.05) is 18.2 Å². The molecule has 1 aliphatic carbocycles. The number of hydrogen-bond donors (Lipinski definition) is 0. The Kier molecular flexibility index (Phi) is 2.19. The molecule has 0 atom stereocenters. The van der Waals surface area contributed by atoms with Gasteiger partial charge in [-0.3, -0.25) is 0 Å². The Hall–Kier alpha value is -2.15. The van der Waals surface area contributed by atoms with Gasteiger partial charge in [-0.1, -0.05) is 43.5 Å². The lowest BCUT2D eigenvalue weighted by Gasteiger charge is -2.14. The molecule has 0 aromatic heterocycles. The molecule has 0 fully saturated rings. The van der Waals surface area contributed by atoms with Crippen molar-refractivity contribution in [3.63, 3.8) is 0 Å². The molecule has 1 aromatic rings. The minimum Gasteiger partial charge on any atom is -0.248 e. The maximum atomic E-state index is 4.64. The minimum atomic E-state index is 0.854. The lowest BCUT2D eigenvalue weighted by atomic mass is 9.92. The summed E-state index contributed by atoms with van der Waals surface area (Å²) >= 11 is 0. The van der Waals surface area contributed by atoms with E-state index in [0.29, 0.717) is 0 Å². The average molecular weight is 219 g/mol. The van der Waals surface area contributed by atoms with Gasteiger partial charge in [0, 0.05) is 11.1 Å². The Morgan fingerprint density at radius 3 is 2.53 bits per heavy atom. The molecule has 17 heavy (non-hydrogen) atoms. The Bertz CT molecular complexity index is 598. The molecule has 82 valence electrons. The summed E-state index contributed by atoms with van der Waals surface area (Å²) in [6.45, 7) is 8.08. The van der Waals surface area contributed by atoms with E-state index >= 15 is 0 Å². The first-order valence-electron chi connectivity index (χ1n) is 5.68. The van der Waals surface area contributed by atoms with Crippen LogP contribution >= 0.6 is 0 Å². The van der Waals surface area contributed by atoms with E-state index in [-0.39, 0.29) is 0 Å². The van der Waals surface area contributed by atoms with E-state index in [0.717, 1.165) is 40.1 Å². The highest BCUT2D eigenvalue weighted by Gasteiger charge is 2.21. The zero-order valence-corrected chi connectivity index (χ0v) is 9.61. The first-order valence-corrected chi connectivity index (χ1v) is 5.68. The third-order valence-electron chi connectivity index (χ3n) is 3.03. The van der Waals surface area contributed by atoms with Crippen molar-refractivity contribution in [3.8, 4) is 0 Å². The van der Waals surface area contributed by atoms with Crippen molar-refractivity contribution in [3.05, 3.63) is 83.6 Å². The minimum absolute atomic E-state index is 0.854. The summed E-state index contributed by atoms with van der Waals surface area (Å²) in [5, 5.41) is 0. The molecule has 1 nitrogen and oxygen atoms in total. The van der Waals surface area contributed by atoms with Crippen LogP contribution in [0, 0.1) is 0 Å². The average Bonchev–Trinajstić information content (AvgIpc) is 2.74. The van der Waals surface area contributed by atoms with Crippen molar-refractivity contribution in [2.75, 3.05) is 0 Å². The fourth-order valence-corrected chi connectivity index (χ4v) is 2.20. The summed E-state index contributed by atoms with van der Waals surface area (Å²) in [5.74, 6) is 0. The van der Waals surface area contributed by atoms with Crippen LogP contribution in [0.5, 0.6) is 0 Å². The molecule has 1 heteroatoms. The molecule has 0 saturated heterocycles. The number of benzene rings is 1. The van der Waals surface area contributed by atoms with Gasteiger partial charge < -0.3 is 0 Å². The highest BCUT2D eigenvalue weighted by atomic mass is 14.8. The van der Waals surface area contributed by atoms with Gasteiger partial charge in [0.1, 0.15) is 0 Å². The normalized spacial score (nSPS) is 18.5. The molecule has 0 saturated carbocycles. The van der Waals surface area contributed by atoms with Gasteiger partial charge in [0.15, 0.2) is 0 Å². The van der Waals surface area contributed by atoms with E-state index in [2.05, 4.69) is 42.4 Å². The van der Waals surface area contributed by atoms with Crippen molar-refractivity contribution in [1.82, 2.24) is 0 Å². The predicted molar refractivity (Wildman–Crippen MR) is 72.0 cm³/mol. The highest BCUT2D eigenvalue weighted by molar-refractivity contribution is 6.12. The van der Waals surface area contributed by atoms with E-state index in [9.17, 15) is 0 Å². The molecule has 1 heterocycles. The quantitative estimate of drug-likeness (QED) is 0.681. The first kappa shape index (κ1) is 10.0. The molecular weight excluding hydrogens is 206 g/mol. The topological polar surface area (TPSA) is 12.4 Å². The van der Waals surface area contributed by atoms with Crippen LogP contribution in [0.1, 0.15) is 12.0 Å². The monoisotopic (exact) mass is 219 g/mol. The van der Waals surface area contributed by atoms with Gasteiger partial charge in [-0.2, -0.15) is 0 Å². The zero-order valence-electron chi connectivity index (χ0n) is 9.61. The molecule has 2 aliphatic rings. The third kappa shape index (κ3) is 1.70. The molecule has 1 aliphatic heterocycles. The lowest BCUT2D eigenvalue weighted by molar-refractivity contribution is 1.12. The van der Waals surface area contributed by atoms with Crippen LogP contribution < -0.4 is 0 Å². The van der Waals surface area contributed by atoms with Crippen molar-refractivity contribution in [1.29, 1.82) is 0 Å². The van der Waals surface area contributed by atoms with E-state index in [1.165, 1.54) is 0 Å². The zero-order chi connectivity index (χ0) is 11.8. The van der Waals surface area contributed by atoms with E-state index in [4.69, 9.17) is 0 Å². The molecule has 0 bridgehead atoms. The third-order valence-corrected chi connectivity index (χ3v) is 3.03. The van der Waals surface area contributed by atoms with Crippen LogP contribution in [0.4, 0.5) is 0 Å². The highest BCUT2D eigenvalue weighted by Crippen LogP contribution is 2.35. The molecule has 0 amide bonds. The first-order chi connectivity index (χ1) is 8.24. The second kappa shape index (κ2) is 3.70. The van der Waals surface area contributed by atoms with E-state index < -0.39 is 0 Å². The largest absolute Gasteiger partial charge is 0.248 e. The Balaban J connectivity index is 2.08. The van der Waals surface area contributed by atoms with Crippen LogP contribution in [0.3, 0.4) is 0 Å². The van der Waals surface area contributed by atoms with Gasteiger partial charge in [-0.05, 0) is 29.7 Å². The number of aliphatic imine (C=N–C) groups is 1. The van der Waals surface area contributed by atoms with Crippen LogP contribution in [-0.4, -0.2) is 5.71 Å². The number of nitrogens with zero attached hydrogens (tertiary/aromatic N) is 1. The molecule has 0 radical (unpaired) electrons. The maximum Gasteiger partial charge on any atom is 0.0716 e. The molecule has 1 aromatic carbocycles. The van der Waals surface area contributed by atoms with Crippen LogP contribution in [0.25, 0.3) is 0 Å². The smallest absolute Gasteiger partial charge is 0.0716 e. The van der Waals surface area contributed by atoms with Crippen LogP contribution in [0.2, 0.25) is 0 Å². The molecule has 0 spiro atoms. The SMILES string of the molecule is C=C1C=C2N=C(c3ccccc3)C=C2C(=C)C1. The lowest BCUT2D eigenvalue weighted by Crippen LogP contribution is -1.97. The van der Waals surface area contributed by atoms with E-state index in [1.54, 1.807) is 0 Å². The number of allylic oxidation sites excluding steroid dienone is 4. The maximum absolute atomic E-state index is 4.64. The van der Waals surface area contributed by atoms with Crippen molar-refractivity contribution < 1.29 is 0 Å². The van der Waals surface area contributed by atoms with Crippen molar-refractivity contribution >= 4 is 5.71 Å². The summed E-state index contributed by atoms with van der Waals surface area (Å²) in [6.07, 6.45) is 5.03. The molecule has 0 unspecified atom stereocenters. The fraction of sp³-hybridized carbons (Fsp3) is 0.0625. The van der Waals surface area contributed by atoms with Crippen LogP contribution in [-0.2, 0) is 0 Å². The number of hydrogen-bond acceptors (Lipinski definition) is 1. The van der Waals surface area contributed by atoms with Gasteiger partial charge in [-0.25, -0.2) is 4.99 Å². The fourth-order valence-electron chi connectivity index (χ4n) is 2.20. The Morgan fingerprint density at radius 2 is 1.76 bits per heavy atom. The number of fused-ring (bicyclic) bond motifs is 1. The molecular formula is C16H13N. The predicted octanol–water partition coefficient (Wildman–Crippen LogP) is 3.82. The second-order valence-electron chi connectivity index (χ2n) is 4.39. The summed E-state index contributed by atoms with van der Waals surface area (Å²) < 4.78 is 0.